The van der Waals surface area contributed by atoms with Crippen LogP contribution in [0.1, 0.15) is 11.4 Å². The summed E-state index contributed by atoms with van der Waals surface area (Å²) in [6, 6.07) is 6.26. The van der Waals surface area contributed by atoms with Gasteiger partial charge in [-0.3, -0.25) is 4.72 Å². The topological polar surface area (TPSA) is 98.0 Å². The molecule has 0 aliphatic carbocycles. The van der Waals surface area contributed by atoms with E-state index in [1.54, 1.807) is 25.1 Å². The molecule has 0 spiro atoms. The molecule has 0 fully saturated rings. The lowest BCUT2D eigenvalue weighted by molar-refractivity contribution is 0.601. The highest BCUT2D eigenvalue weighted by Crippen LogP contribution is 2.20. The van der Waals surface area contributed by atoms with Crippen LogP contribution >= 0.6 is 23.8 Å². The number of benzene rings is 1. The summed E-state index contributed by atoms with van der Waals surface area (Å²) in [5, 5.41) is 0.204. The van der Waals surface area contributed by atoms with Gasteiger partial charge in [0.15, 0.2) is 0 Å². The Balaban J connectivity index is 2.43. The van der Waals surface area contributed by atoms with Crippen LogP contribution < -0.4 is 10.5 Å². The zero-order valence-corrected chi connectivity index (χ0v) is 12.3. The minimum atomic E-state index is -3.79. The third-order valence-electron chi connectivity index (χ3n) is 2.19. The fourth-order valence-corrected chi connectivity index (χ4v) is 3.68. The SMILES string of the molecule is Cc1nsc(NS(=O)(=O)c2ccccc2C(N)=S)n1. The Hall–Kier alpha value is -1.58. The van der Waals surface area contributed by atoms with Crippen molar-refractivity contribution >= 4 is 43.9 Å². The minimum Gasteiger partial charge on any atom is -0.389 e. The fraction of sp³-hybridized carbons (Fsp3) is 0.100. The van der Waals surface area contributed by atoms with Gasteiger partial charge in [0.1, 0.15) is 10.8 Å². The number of thiocarbonyl (C=S) groups is 1. The maximum atomic E-state index is 12.2. The lowest BCUT2D eigenvalue weighted by Gasteiger charge is -2.09. The summed E-state index contributed by atoms with van der Waals surface area (Å²) in [6.45, 7) is 1.68. The number of nitrogens with one attached hydrogen (secondary N) is 1. The first-order valence-corrected chi connectivity index (χ1v) is 7.78. The van der Waals surface area contributed by atoms with Crippen molar-refractivity contribution in [2.45, 2.75) is 11.8 Å². The third-order valence-corrected chi connectivity index (χ3v) is 4.66. The van der Waals surface area contributed by atoms with E-state index >= 15 is 0 Å². The van der Waals surface area contributed by atoms with Gasteiger partial charge >= 0.3 is 0 Å². The Morgan fingerprint density at radius 2 is 2.11 bits per heavy atom. The summed E-state index contributed by atoms with van der Waals surface area (Å²) in [4.78, 5) is 4.00. The molecule has 0 atom stereocenters. The monoisotopic (exact) mass is 314 g/mol. The summed E-state index contributed by atoms with van der Waals surface area (Å²) < 4.78 is 30.8. The molecule has 0 aliphatic rings. The Morgan fingerprint density at radius 3 is 2.68 bits per heavy atom. The van der Waals surface area contributed by atoms with Crippen LogP contribution in [-0.2, 0) is 10.0 Å². The highest BCUT2D eigenvalue weighted by Gasteiger charge is 2.20. The van der Waals surface area contributed by atoms with Crippen molar-refractivity contribution in [3.63, 3.8) is 0 Å². The lowest BCUT2D eigenvalue weighted by Crippen LogP contribution is -2.19. The first kappa shape index (κ1) is 13.8. The van der Waals surface area contributed by atoms with Crippen molar-refractivity contribution < 1.29 is 8.42 Å². The van der Waals surface area contributed by atoms with Gasteiger partial charge in [0, 0.05) is 17.1 Å². The van der Waals surface area contributed by atoms with Crippen LogP contribution in [0.25, 0.3) is 0 Å². The van der Waals surface area contributed by atoms with Crippen LogP contribution in [0.3, 0.4) is 0 Å². The second kappa shape index (κ2) is 5.19. The molecule has 1 heterocycles. The van der Waals surface area contributed by atoms with E-state index in [0.717, 1.165) is 11.5 Å². The van der Waals surface area contributed by atoms with E-state index in [-0.39, 0.29) is 15.0 Å². The number of aryl methyl sites for hydroxylation is 1. The Bertz CT molecular complexity index is 724. The summed E-state index contributed by atoms with van der Waals surface area (Å²) >= 11 is 5.82. The molecule has 0 radical (unpaired) electrons. The number of aromatic nitrogens is 2. The van der Waals surface area contributed by atoms with Crippen LogP contribution in [0.2, 0.25) is 0 Å². The molecule has 2 rings (SSSR count). The number of hydrogen-bond acceptors (Lipinski definition) is 6. The van der Waals surface area contributed by atoms with E-state index < -0.39 is 10.0 Å². The first-order chi connectivity index (χ1) is 8.90. The molecule has 0 saturated heterocycles. The number of hydrogen-bond donors (Lipinski definition) is 2. The van der Waals surface area contributed by atoms with Crippen LogP contribution in [0.15, 0.2) is 29.2 Å². The van der Waals surface area contributed by atoms with Gasteiger partial charge < -0.3 is 5.73 Å². The second-order valence-corrected chi connectivity index (χ2v) is 6.46. The lowest BCUT2D eigenvalue weighted by atomic mass is 10.2. The van der Waals surface area contributed by atoms with Crippen molar-refractivity contribution in [1.82, 2.24) is 9.36 Å². The van der Waals surface area contributed by atoms with Gasteiger partial charge in [-0.1, -0.05) is 30.4 Å². The molecule has 0 saturated carbocycles. The molecule has 1 aromatic heterocycles. The van der Waals surface area contributed by atoms with Gasteiger partial charge in [0.25, 0.3) is 10.0 Å². The van der Waals surface area contributed by atoms with Gasteiger partial charge in [-0.15, -0.1) is 0 Å². The Labute approximate surface area is 119 Å². The van der Waals surface area contributed by atoms with Gasteiger partial charge in [0.2, 0.25) is 5.13 Å². The zero-order chi connectivity index (χ0) is 14.0. The van der Waals surface area contributed by atoms with Crippen LogP contribution in [-0.4, -0.2) is 22.8 Å². The van der Waals surface area contributed by atoms with E-state index in [4.69, 9.17) is 18.0 Å². The first-order valence-electron chi connectivity index (χ1n) is 5.12. The Kier molecular flexibility index (Phi) is 3.78. The fourth-order valence-electron chi connectivity index (χ4n) is 1.41. The van der Waals surface area contributed by atoms with Crippen molar-refractivity contribution in [1.29, 1.82) is 0 Å². The summed E-state index contributed by atoms with van der Waals surface area (Å²) in [5.74, 6) is 0.505. The minimum absolute atomic E-state index is 0.0226. The van der Waals surface area contributed by atoms with Gasteiger partial charge in [-0.05, 0) is 13.0 Å². The van der Waals surface area contributed by atoms with Crippen LogP contribution in [0, 0.1) is 6.92 Å². The molecule has 19 heavy (non-hydrogen) atoms. The average molecular weight is 314 g/mol. The van der Waals surface area contributed by atoms with E-state index in [2.05, 4.69) is 14.1 Å². The average Bonchev–Trinajstić information content (AvgIpc) is 2.74. The maximum absolute atomic E-state index is 12.2. The molecule has 0 unspecified atom stereocenters. The van der Waals surface area contributed by atoms with Crippen LogP contribution in [0.4, 0.5) is 5.13 Å². The van der Waals surface area contributed by atoms with Crippen LogP contribution in [0.5, 0.6) is 0 Å². The highest BCUT2D eigenvalue weighted by atomic mass is 32.2. The third kappa shape index (κ3) is 3.06. The number of sulfonamides is 1. The van der Waals surface area contributed by atoms with Gasteiger partial charge in [-0.2, -0.15) is 4.37 Å². The number of nitrogens with two attached hydrogens (primary N) is 1. The maximum Gasteiger partial charge on any atom is 0.264 e. The van der Waals surface area contributed by atoms with Gasteiger partial charge in [-0.25, -0.2) is 13.4 Å². The molecule has 2 aromatic rings. The zero-order valence-electron chi connectivity index (χ0n) is 9.82. The Morgan fingerprint density at radius 1 is 1.42 bits per heavy atom. The number of anilines is 1. The predicted octanol–water partition coefficient (Wildman–Crippen LogP) is 1.28. The molecular weight excluding hydrogens is 304 g/mol. The molecular formula is C10H10N4O2S3. The van der Waals surface area contributed by atoms with E-state index in [0.29, 0.717) is 11.4 Å². The molecule has 1 aromatic carbocycles. The molecule has 0 amide bonds. The molecule has 0 aliphatic heterocycles. The van der Waals surface area contributed by atoms with E-state index in [9.17, 15) is 8.42 Å². The largest absolute Gasteiger partial charge is 0.389 e. The number of rotatable bonds is 4. The molecule has 3 N–H and O–H groups in total. The summed E-state index contributed by atoms with van der Waals surface area (Å²) in [5.41, 5.74) is 5.82. The molecule has 0 bridgehead atoms. The standard InChI is InChI=1S/C10H10N4O2S3/c1-6-12-10(18-13-6)14-19(15,16)8-5-3-2-4-7(8)9(11)17/h2-5H,1H3,(H2,11,17)(H,12,13,14). The highest BCUT2D eigenvalue weighted by molar-refractivity contribution is 7.93. The quantitative estimate of drug-likeness (QED) is 0.825. The smallest absolute Gasteiger partial charge is 0.264 e. The van der Waals surface area contributed by atoms with Crippen molar-refractivity contribution in [3.05, 3.63) is 35.7 Å². The molecule has 100 valence electrons. The van der Waals surface area contributed by atoms with Gasteiger partial charge in [0.05, 0.1) is 4.90 Å². The number of nitrogens with zero attached hydrogens (tertiary/aromatic N) is 2. The predicted molar refractivity (Wildman–Crippen MR) is 77.8 cm³/mol. The summed E-state index contributed by atoms with van der Waals surface area (Å²) in [6.07, 6.45) is 0. The van der Waals surface area contributed by atoms with Crippen molar-refractivity contribution in [3.8, 4) is 0 Å². The molecule has 6 nitrogen and oxygen atoms in total. The van der Waals surface area contributed by atoms with E-state index in [1.165, 1.54) is 6.07 Å². The van der Waals surface area contributed by atoms with Crippen molar-refractivity contribution in [2.24, 2.45) is 5.73 Å². The summed E-state index contributed by atoms with van der Waals surface area (Å²) in [7, 11) is -3.79. The van der Waals surface area contributed by atoms with E-state index in [1.807, 2.05) is 0 Å². The second-order valence-electron chi connectivity index (χ2n) is 3.61. The molecule has 9 heteroatoms. The van der Waals surface area contributed by atoms with Crippen molar-refractivity contribution in [2.75, 3.05) is 4.72 Å². The normalized spacial score (nSPS) is 11.2.